The molecule has 1 aliphatic rings. The fourth-order valence-corrected chi connectivity index (χ4v) is 3.80. The molecule has 0 saturated carbocycles. The maximum Gasteiger partial charge on any atom is 0.244 e. The molecular weight excluding hydrogens is 332 g/mol. The number of sulfonamides is 1. The molecule has 1 aliphatic heterocycles. The molecule has 2 aromatic rings. The lowest BCUT2D eigenvalue weighted by atomic mass is 10.3. The Hall–Kier alpha value is -2.32. The van der Waals surface area contributed by atoms with Crippen molar-refractivity contribution < 1.29 is 22.4 Å². The van der Waals surface area contributed by atoms with Crippen molar-refractivity contribution in [2.24, 2.45) is 0 Å². The van der Waals surface area contributed by atoms with E-state index in [2.05, 4.69) is 4.72 Å². The highest BCUT2D eigenvalue weighted by Gasteiger charge is 2.26. The summed E-state index contributed by atoms with van der Waals surface area (Å²) < 4.78 is 38.0. The number of hydrogen-bond donors (Lipinski definition) is 1. The van der Waals surface area contributed by atoms with Crippen LogP contribution in [0.4, 0.5) is 5.69 Å². The number of rotatable bonds is 6. The van der Waals surface area contributed by atoms with Crippen LogP contribution < -0.4 is 14.4 Å². The van der Waals surface area contributed by atoms with Crippen LogP contribution in [0.2, 0.25) is 0 Å². The number of benzene rings is 1. The Bertz CT molecular complexity index is 830. The summed E-state index contributed by atoms with van der Waals surface area (Å²) in [5, 5.41) is 0. The Balaban J connectivity index is 1.90. The predicted octanol–water partition coefficient (Wildman–Crippen LogP) is 1.89. The number of hydrogen-bond acceptors (Lipinski definition) is 5. The summed E-state index contributed by atoms with van der Waals surface area (Å²) in [5.74, 6) is 0.716. The summed E-state index contributed by atoms with van der Waals surface area (Å²) in [6.45, 7) is 0.621. The van der Waals surface area contributed by atoms with Gasteiger partial charge in [-0.15, -0.1) is 0 Å². The molecule has 2 heterocycles. The number of ether oxygens (including phenoxy) is 1. The Morgan fingerprint density at radius 3 is 2.79 bits per heavy atom. The van der Waals surface area contributed by atoms with E-state index in [1.807, 2.05) is 0 Å². The molecular formula is C16H18N2O5S. The van der Waals surface area contributed by atoms with Gasteiger partial charge in [-0.2, -0.15) is 0 Å². The third kappa shape index (κ3) is 3.29. The highest BCUT2D eigenvalue weighted by Crippen LogP contribution is 2.30. The van der Waals surface area contributed by atoms with Crippen molar-refractivity contribution in [3.8, 4) is 5.75 Å². The van der Waals surface area contributed by atoms with E-state index in [1.165, 1.54) is 19.4 Å². The number of methoxy groups -OCH3 is 1. The van der Waals surface area contributed by atoms with Crippen molar-refractivity contribution in [2.45, 2.75) is 24.3 Å². The van der Waals surface area contributed by atoms with Crippen molar-refractivity contribution in [3.05, 3.63) is 42.4 Å². The molecule has 7 nitrogen and oxygen atoms in total. The highest BCUT2D eigenvalue weighted by molar-refractivity contribution is 7.89. The summed E-state index contributed by atoms with van der Waals surface area (Å²) in [7, 11) is -2.42. The molecule has 0 aliphatic carbocycles. The van der Waals surface area contributed by atoms with Gasteiger partial charge in [0.25, 0.3) is 0 Å². The minimum absolute atomic E-state index is 0.00578. The summed E-state index contributed by atoms with van der Waals surface area (Å²) in [5.41, 5.74) is 0.552. The molecule has 1 aromatic carbocycles. The van der Waals surface area contributed by atoms with Gasteiger partial charge in [0, 0.05) is 18.7 Å². The van der Waals surface area contributed by atoms with E-state index in [9.17, 15) is 13.2 Å². The molecule has 0 radical (unpaired) electrons. The van der Waals surface area contributed by atoms with Crippen LogP contribution in [0.15, 0.2) is 45.9 Å². The number of furan rings is 1. The number of nitrogens with one attached hydrogen (secondary N) is 1. The van der Waals surface area contributed by atoms with Crippen LogP contribution in [-0.2, 0) is 21.4 Å². The van der Waals surface area contributed by atoms with Crippen molar-refractivity contribution >= 4 is 21.6 Å². The molecule has 8 heteroatoms. The molecule has 24 heavy (non-hydrogen) atoms. The maximum absolute atomic E-state index is 12.6. The predicted molar refractivity (Wildman–Crippen MR) is 87.3 cm³/mol. The zero-order chi connectivity index (χ0) is 17.2. The number of anilines is 1. The van der Waals surface area contributed by atoms with Crippen LogP contribution in [-0.4, -0.2) is 28.0 Å². The number of carbonyl (C=O) groups excluding carboxylic acids is 1. The number of carbonyl (C=O) groups is 1. The van der Waals surface area contributed by atoms with Gasteiger partial charge < -0.3 is 14.1 Å². The average molecular weight is 350 g/mol. The van der Waals surface area contributed by atoms with Crippen LogP contribution in [0.1, 0.15) is 18.6 Å². The van der Waals surface area contributed by atoms with Gasteiger partial charge in [0.05, 0.1) is 19.9 Å². The quantitative estimate of drug-likeness (QED) is 0.859. The second kappa shape index (κ2) is 6.66. The van der Waals surface area contributed by atoms with Gasteiger partial charge >= 0.3 is 0 Å². The summed E-state index contributed by atoms with van der Waals surface area (Å²) in [6.07, 6.45) is 2.72. The normalized spacial score (nSPS) is 15.0. The van der Waals surface area contributed by atoms with Crippen molar-refractivity contribution in [1.82, 2.24) is 4.72 Å². The Morgan fingerprint density at radius 2 is 2.17 bits per heavy atom. The lowest BCUT2D eigenvalue weighted by Crippen LogP contribution is -2.26. The van der Waals surface area contributed by atoms with E-state index in [1.54, 1.807) is 29.2 Å². The standard InChI is InChI=1S/C16H18N2O5S/c1-22-14-7-6-12(18-8-2-5-16(18)19)10-15(14)24(20,21)17-11-13-4-3-9-23-13/h3-4,6-7,9-10,17H,2,5,8,11H2,1H3. The molecule has 1 N–H and O–H groups in total. The molecule has 0 bridgehead atoms. The molecule has 128 valence electrons. The largest absolute Gasteiger partial charge is 0.495 e. The molecule has 0 atom stereocenters. The van der Waals surface area contributed by atoms with E-state index in [0.29, 0.717) is 24.4 Å². The van der Waals surface area contributed by atoms with Gasteiger partial charge in [-0.05, 0) is 36.8 Å². The summed E-state index contributed by atoms with van der Waals surface area (Å²) in [6, 6.07) is 8.07. The second-order valence-electron chi connectivity index (χ2n) is 5.39. The number of amides is 1. The van der Waals surface area contributed by atoms with Crippen molar-refractivity contribution in [2.75, 3.05) is 18.6 Å². The topological polar surface area (TPSA) is 88.8 Å². The van der Waals surface area contributed by atoms with E-state index < -0.39 is 10.0 Å². The van der Waals surface area contributed by atoms with Gasteiger partial charge in [-0.3, -0.25) is 4.79 Å². The molecule has 3 rings (SSSR count). The minimum Gasteiger partial charge on any atom is -0.495 e. The fraction of sp³-hybridized carbons (Fsp3) is 0.312. The zero-order valence-corrected chi connectivity index (χ0v) is 14.0. The first-order chi connectivity index (χ1) is 11.5. The molecule has 0 unspecified atom stereocenters. The highest BCUT2D eigenvalue weighted by atomic mass is 32.2. The smallest absolute Gasteiger partial charge is 0.244 e. The van der Waals surface area contributed by atoms with Gasteiger partial charge in [0.15, 0.2) is 0 Å². The van der Waals surface area contributed by atoms with Gasteiger partial charge in [-0.1, -0.05) is 0 Å². The Labute approximate surface area is 140 Å². The van der Waals surface area contributed by atoms with Crippen molar-refractivity contribution in [3.63, 3.8) is 0 Å². The first-order valence-corrected chi connectivity index (χ1v) is 9.00. The van der Waals surface area contributed by atoms with Gasteiger partial charge in [0.1, 0.15) is 16.4 Å². The Morgan fingerprint density at radius 1 is 1.33 bits per heavy atom. The molecule has 0 spiro atoms. The SMILES string of the molecule is COc1ccc(N2CCCC2=O)cc1S(=O)(=O)NCc1ccco1. The van der Waals surface area contributed by atoms with Crippen LogP contribution in [0.5, 0.6) is 5.75 Å². The van der Waals surface area contributed by atoms with Crippen LogP contribution >= 0.6 is 0 Å². The van der Waals surface area contributed by atoms with E-state index >= 15 is 0 Å². The maximum atomic E-state index is 12.6. The number of nitrogens with zero attached hydrogens (tertiary/aromatic N) is 1. The summed E-state index contributed by atoms with van der Waals surface area (Å²) in [4.78, 5) is 13.5. The Kier molecular flexibility index (Phi) is 4.59. The monoisotopic (exact) mass is 350 g/mol. The second-order valence-corrected chi connectivity index (χ2v) is 7.12. The summed E-state index contributed by atoms with van der Waals surface area (Å²) >= 11 is 0. The van der Waals surface area contributed by atoms with Crippen molar-refractivity contribution in [1.29, 1.82) is 0 Å². The van der Waals surface area contributed by atoms with E-state index in [0.717, 1.165) is 6.42 Å². The fourth-order valence-electron chi connectivity index (χ4n) is 2.62. The average Bonchev–Trinajstić information content (AvgIpc) is 3.24. The lowest BCUT2D eigenvalue weighted by Gasteiger charge is -2.18. The van der Waals surface area contributed by atoms with E-state index in [-0.39, 0.29) is 23.1 Å². The zero-order valence-electron chi connectivity index (χ0n) is 13.2. The van der Waals surface area contributed by atoms with E-state index in [4.69, 9.17) is 9.15 Å². The molecule has 1 amide bonds. The first-order valence-electron chi connectivity index (χ1n) is 7.52. The van der Waals surface area contributed by atoms with Gasteiger partial charge in [-0.25, -0.2) is 13.1 Å². The third-order valence-corrected chi connectivity index (χ3v) is 5.26. The van der Waals surface area contributed by atoms with Gasteiger partial charge in [0.2, 0.25) is 15.9 Å². The molecule has 1 fully saturated rings. The van der Waals surface area contributed by atoms with Crippen LogP contribution in [0.25, 0.3) is 0 Å². The molecule has 1 saturated heterocycles. The lowest BCUT2D eigenvalue weighted by molar-refractivity contribution is -0.117. The first kappa shape index (κ1) is 16.5. The molecule has 1 aromatic heterocycles. The third-order valence-electron chi connectivity index (χ3n) is 3.84. The minimum atomic E-state index is -3.82. The van der Waals surface area contributed by atoms with Crippen LogP contribution in [0, 0.1) is 0 Å². The van der Waals surface area contributed by atoms with Crippen LogP contribution in [0.3, 0.4) is 0 Å².